The van der Waals surface area contributed by atoms with Crippen molar-refractivity contribution in [3.63, 3.8) is 0 Å². The van der Waals surface area contributed by atoms with Crippen molar-refractivity contribution < 1.29 is 22.6 Å². The molecule has 2 nitrogen and oxygen atoms in total. The Kier molecular flexibility index (Phi) is 3.55. The van der Waals surface area contributed by atoms with Crippen LogP contribution in [0.15, 0.2) is 0 Å². The van der Waals surface area contributed by atoms with E-state index in [9.17, 15) is 13.2 Å². The third-order valence-corrected chi connectivity index (χ3v) is 2.23. The zero-order chi connectivity index (χ0) is 9.90. The van der Waals surface area contributed by atoms with Gasteiger partial charge in [-0.25, -0.2) is 0 Å². The van der Waals surface area contributed by atoms with Crippen LogP contribution in [0.3, 0.4) is 0 Å². The van der Waals surface area contributed by atoms with Gasteiger partial charge in [0.25, 0.3) is 0 Å². The van der Waals surface area contributed by atoms with Crippen molar-refractivity contribution in [1.82, 2.24) is 0 Å². The summed E-state index contributed by atoms with van der Waals surface area (Å²) >= 11 is 0. The van der Waals surface area contributed by atoms with E-state index in [1.165, 1.54) is 7.11 Å². The average molecular weight is 198 g/mol. The van der Waals surface area contributed by atoms with E-state index in [-0.39, 0.29) is 0 Å². The normalized spacial score (nSPS) is 30.5. The second-order valence-electron chi connectivity index (χ2n) is 3.16. The summed E-state index contributed by atoms with van der Waals surface area (Å²) in [6.07, 6.45) is -3.00. The number of alkyl halides is 3. The molecule has 78 valence electrons. The van der Waals surface area contributed by atoms with Crippen molar-refractivity contribution >= 4 is 0 Å². The first-order valence-electron chi connectivity index (χ1n) is 4.30. The summed E-state index contributed by atoms with van der Waals surface area (Å²) in [5.74, 6) is 0. The van der Waals surface area contributed by atoms with Gasteiger partial charge in [0, 0.05) is 7.11 Å². The smallest absolute Gasteiger partial charge is 0.379 e. The first-order chi connectivity index (χ1) is 6.03. The van der Waals surface area contributed by atoms with Crippen LogP contribution in [-0.4, -0.2) is 25.7 Å². The first-order valence-corrected chi connectivity index (χ1v) is 4.30. The van der Waals surface area contributed by atoms with Gasteiger partial charge < -0.3 is 4.74 Å². The van der Waals surface area contributed by atoms with Crippen molar-refractivity contribution in [2.75, 3.05) is 7.11 Å². The number of ether oxygens (including phenoxy) is 2. The van der Waals surface area contributed by atoms with Crippen LogP contribution in [0.1, 0.15) is 25.7 Å². The first kappa shape index (κ1) is 10.8. The van der Waals surface area contributed by atoms with Crippen LogP contribution in [0.25, 0.3) is 0 Å². The van der Waals surface area contributed by atoms with E-state index in [1.807, 2.05) is 0 Å². The zero-order valence-electron chi connectivity index (χ0n) is 7.43. The van der Waals surface area contributed by atoms with Gasteiger partial charge in [-0.15, -0.1) is 13.2 Å². The second-order valence-corrected chi connectivity index (χ2v) is 3.16. The van der Waals surface area contributed by atoms with Gasteiger partial charge in [-0.05, 0) is 12.8 Å². The van der Waals surface area contributed by atoms with E-state index in [2.05, 4.69) is 4.74 Å². The van der Waals surface area contributed by atoms with Crippen LogP contribution < -0.4 is 0 Å². The predicted molar refractivity (Wildman–Crippen MR) is 40.2 cm³/mol. The fourth-order valence-electron chi connectivity index (χ4n) is 1.64. The summed E-state index contributed by atoms with van der Waals surface area (Å²) in [7, 11) is 1.42. The van der Waals surface area contributed by atoms with Crippen LogP contribution in [0.4, 0.5) is 13.2 Å². The van der Waals surface area contributed by atoms with Crippen molar-refractivity contribution in [2.24, 2.45) is 0 Å². The lowest BCUT2D eigenvalue weighted by atomic mass is 9.95. The SMILES string of the molecule is COC1CCCCC1OC(F)(F)F. The van der Waals surface area contributed by atoms with Gasteiger partial charge in [-0.1, -0.05) is 12.8 Å². The van der Waals surface area contributed by atoms with Crippen molar-refractivity contribution in [3.05, 3.63) is 0 Å². The number of hydrogen-bond donors (Lipinski definition) is 0. The van der Waals surface area contributed by atoms with Crippen LogP contribution in [-0.2, 0) is 9.47 Å². The van der Waals surface area contributed by atoms with Gasteiger partial charge in [0.15, 0.2) is 0 Å². The Morgan fingerprint density at radius 2 is 1.62 bits per heavy atom. The Hall–Kier alpha value is -0.290. The lowest BCUT2D eigenvalue weighted by Crippen LogP contribution is -2.37. The number of methoxy groups -OCH3 is 1. The molecule has 0 spiro atoms. The Morgan fingerprint density at radius 1 is 1.08 bits per heavy atom. The summed E-state index contributed by atoms with van der Waals surface area (Å²) in [5.41, 5.74) is 0. The maximum atomic E-state index is 11.9. The lowest BCUT2D eigenvalue weighted by Gasteiger charge is -2.30. The highest BCUT2D eigenvalue weighted by Gasteiger charge is 2.38. The highest BCUT2D eigenvalue weighted by atomic mass is 19.4. The van der Waals surface area contributed by atoms with Gasteiger partial charge in [0.1, 0.15) is 0 Å². The largest absolute Gasteiger partial charge is 0.522 e. The monoisotopic (exact) mass is 198 g/mol. The maximum absolute atomic E-state index is 11.9. The van der Waals surface area contributed by atoms with E-state index >= 15 is 0 Å². The zero-order valence-corrected chi connectivity index (χ0v) is 7.43. The van der Waals surface area contributed by atoms with Crippen LogP contribution in [0.5, 0.6) is 0 Å². The summed E-state index contributed by atoms with van der Waals surface area (Å²) in [5, 5.41) is 0. The molecule has 0 bridgehead atoms. The summed E-state index contributed by atoms with van der Waals surface area (Å²) < 4.78 is 44.5. The molecule has 13 heavy (non-hydrogen) atoms. The molecular formula is C8H13F3O2. The molecule has 1 rings (SSSR count). The second kappa shape index (κ2) is 4.28. The van der Waals surface area contributed by atoms with Crippen LogP contribution in [0, 0.1) is 0 Å². The molecule has 5 heteroatoms. The molecule has 0 amide bonds. The third-order valence-electron chi connectivity index (χ3n) is 2.23. The fraction of sp³-hybridized carbons (Fsp3) is 1.00. The Balaban J connectivity index is 2.45. The quantitative estimate of drug-likeness (QED) is 0.678. The predicted octanol–water partition coefficient (Wildman–Crippen LogP) is 2.48. The van der Waals surface area contributed by atoms with Crippen molar-refractivity contribution in [2.45, 2.75) is 44.3 Å². The summed E-state index contributed by atoms with van der Waals surface area (Å²) in [6.45, 7) is 0. The molecular weight excluding hydrogens is 185 g/mol. The van der Waals surface area contributed by atoms with Crippen molar-refractivity contribution in [3.8, 4) is 0 Å². The van der Waals surface area contributed by atoms with E-state index in [4.69, 9.17) is 4.74 Å². The van der Waals surface area contributed by atoms with Crippen LogP contribution in [0.2, 0.25) is 0 Å². The topological polar surface area (TPSA) is 18.5 Å². The minimum absolute atomic E-state index is 0.407. The molecule has 0 saturated heterocycles. The molecule has 0 aromatic heterocycles. The minimum atomic E-state index is -4.54. The molecule has 0 aliphatic heterocycles. The molecule has 1 aliphatic rings. The third kappa shape index (κ3) is 3.52. The van der Waals surface area contributed by atoms with Gasteiger partial charge in [0.05, 0.1) is 12.2 Å². The molecule has 0 radical (unpaired) electrons. The molecule has 1 saturated carbocycles. The molecule has 2 atom stereocenters. The van der Waals surface area contributed by atoms with Gasteiger partial charge in [-0.2, -0.15) is 0 Å². The minimum Gasteiger partial charge on any atom is -0.379 e. The number of halogens is 3. The molecule has 0 heterocycles. The van der Waals surface area contributed by atoms with Gasteiger partial charge in [-0.3, -0.25) is 4.74 Å². The van der Waals surface area contributed by atoms with E-state index < -0.39 is 18.6 Å². The van der Waals surface area contributed by atoms with Crippen LogP contribution >= 0.6 is 0 Å². The van der Waals surface area contributed by atoms with Crippen molar-refractivity contribution in [1.29, 1.82) is 0 Å². The molecule has 1 aliphatic carbocycles. The maximum Gasteiger partial charge on any atom is 0.522 e. The Morgan fingerprint density at radius 3 is 2.08 bits per heavy atom. The highest BCUT2D eigenvalue weighted by Crippen LogP contribution is 2.29. The van der Waals surface area contributed by atoms with E-state index in [0.717, 1.165) is 12.8 Å². The molecule has 2 unspecified atom stereocenters. The fourth-order valence-corrected chi connectivity index (χ4v) is 1.64. The standard InChI is InChI=1S/C8H13F3O2/c1-12-6-4-2-3-5-7(6)13-8(9,10)11/h6-7H,2-5H2,1H3. The number of rotatable bonds is 2. The highest BCUT2D eigenvalue weighted by molar-refractivity contribution is 4.76. The number of hydrogen-bond acceptors (Lipinski definition) is 2. The summed E-state index contributed by atoms with van der Waals surface area (Å²) in [4.78, 5) is 0. The van der Waals surface area contributed by atoms with E-state index in [0.29, 0.717) is 12.8 Å². The van der Waals surface area contributed by atoms with Gasteiger partial charge in [0.2, 0.25) is 0 Å². The Labute approximate surface area is 75.0 Å². The molecule has 1 fully saturated rings. The molecule has 0 aromatic carbocycles. The van der Waals surface area contributed by atoms with E-state index in [1.54, 1.807) is 0 Å². The van der Waals surface area contributed by atoms with Gasteiger partial charge >= 0.3 is 6.36 Å². The molecule has 0 N–H and O–H groups in total. The summed E-state index contributed by atoms with van der Waals surface area (Å²) in [6, 6.07) is 0. The molecule has 0 aromatic rings. The lowest BCUT2D eigenvalue weighted by molar-refractivity contribution is -0.354. The Bertz CT molecular complexity index is 158. The average Bonchev–Trinajstić information content (AvgIpc) is 2.02.